The fourth-order valence-corrected chi connectivity index (χ4v) is 2.29. The topological polar surface area (TPSA) is 33.7 Å². The summed E-state index contributed by atoms with van der Waals surface area (Å²) < 4.78 is 10.7. The smallest absolute Gasteiger partial charge is 0.0480 e. The Labute approximate surface area is 112 Å². The van der Waals surface area contributed by atoms with E-state index in [1.54, 1.807) is 0 Å². The van der Waals surface area contributed by atoms with Crippen molar-refractivity contribution in [3.8, 4) is 0 Å². The molecule has 0 aromatic rings. The average Bonchev–Trinajstić information content (AvgIpc) is 2.42. The molecule has 0 aliphatic carbocycles. The molecule has 18 heavy (non-hydrogen) atoms. The first-order chi connectivity index (χ1) is 8.84. The number of ether oxygens (including phenoxy) is 2. The van der Waals surface area contributed by atoms with E-state index in [4.69, 9.17) is 9.47 Å². The lowest BCUT2D eigenvalue weighted by Crippen LogP contribution is -2.40. The third-order valence-electron chi connectivity index (χ3n) is 3.55. The van der Waals surface area contributed by atoms with Crippen LogP contribution in [0, 0.1) is 0 Å². The first-order valence-corrected chi connectivity index (χ1v) is 7.41. The highest BCUT2D eigenvalue weighted by Crippen LogP contribution is 2.11. The predicted molar refractivity (Wildman–Crippen MR) is 75.1 cm³/mol. The van der Waals surface area contributed by atoms with Crippen LogP contribution in [0.2, 0.25) is 0 Å². The van der Waals surface area contributed by atoms with Crippen molar-refractivity contribution in [2.45, 2.75) is 38.6 Å². The summed E-state index contributed by atoms with van der Waals surface area (Å²) in [5.74, 6) is 0. The van der Waals surface area contributed by atoms with Crippen molar-refractivity contribution in [3.05, 3.63) is 0 Å². The fourth-order valence-electron chi connectivity index (χ4n) is 2.29. The van der Waals surface area contributed by atoms with E-state index in [1.807, 2.05) is 6.92 Å². The SMILES string of the molecule is CCOCCCCNCCN(C)C1CCOCC1. The molecule has 0 atom stereocenters. The molecule has 1 rings (SSSR count). The standard InChI is InChI=1S/C14H30N2O2/c1-3-17-11-5-4-8-15-9-10-16(2)14-6-12-18-13-7-14/h14-15H,3-13H2,1-2H3. The highest BCUT2D eigenvalue weighted by atomic mass is 16.5. The average molecular weight is 258 g/mol. The first-order valence-electron chi connectivity index (χ1n) is 7.41. The van der Waals surface area contributed by atoms with E-state index < -0.39 is 0 Å². The van der Waals surface area contributed by atoms with Gasteiger partial charge in [-0.05, 0) is 46.2 Å². The number of nitrogens with zero attached hydrogens (tertiary/aromatic N) is 1. The lowest BCUT2D eigenvalue weighted by Gasteiger charge is -2.31. The van der Waals surface area contributed by atoms with Gasteiger partial charge in [-0.3, -0.25) is 0 Å². The predicted octanol–water partition coefficient (Wildman–Crippen LogP) is 1.50. The van der Waals surface area contributed by atoms with Crippen LogP contribution in [-0.4, -0.2) is 64.1 Å². The molecule has 0 radical (unpaired) electrons. The van der Waals surface area contributed by atoms with E-state index in [2.05, 4.69) is 17.3 Å². The first kappa shape index (κ1) is 15.9. The van der Waals surface area contributed by atoms with Gasteiger partial charge in [-0.1, -0.05) is 0 Å². The quantitative estimate of drug-likeness (QED) is 0.602. The second kappa shape index (κ2) is 10.7. The number of rotatable bonds is 10. The summed E-state index contributed by atoms with van der Waals surface area (Å²) in [7, 11) is 2.23. The van der Waals surface area contributed by atoms with Gasteiger partial charge in [-0.15, -0.1) is 0 Å². The number of hydrogen-bond donors (Lipinski definition) is 1. The molecule has 1 heterocycles. The Bertz CT molecular complexity index is 185. The molecule has 0 spiro atoms. The summed E-state index contributed by atoms with van der Waals surface area (Å²) in [6.07, 6.45) is 4.74. The molecule has 0 aromatic carbocycles. The van der Waals surface area contributed by atoms with Gasteiger partial charge in [-0.25, -0.2) is 0 Å². The van der Waals surface area contributed by atoms with Crippen molar-refractivity contribution in [1.82, 2.24) is 10.2 Å². The van der Waals surface area contributed by atoms with Gasteiger partial charge < -0.3 is 19.7 Å². The van der Waals surface area contributed by atoms with Crippen LogP contribution in [0.25, 0.3) is 0 Å². The Hall–Kier alpha value is -0.160. The van der Waals surface area contributed by atoms with E-state index in [-0.39, 0.29) is 0 Å². The zero-order valence-corrected chi connectivity index (χ0v) is 12.1. The van der Waals surface area contributed by atoms with E-state index >= 15 is 0 Å². The van der Waals surface area contributed by atoms with Crippen molar-refractivity contribution in [3.63, 3.8) is 0 Å². The van der Waals surface area contributed by atoms with Crippen molar-refractivity contribution in [2.24, 2.45) is 0 Å². The number of nitrogens with one attached hydrogen (secondary N) is 1. The van der Waals surface area contributed by atoms with Gasteiger partial charge in [0, 0.05) is 45.6 Å². The normalized spacial score (nSPS) is 17.5. The molecule has 4 heteroatoms. The Morgan fingerprint density at radius 2 is 2.00 bits per heavy atom. The fraction of sp³-hybridized carbons (Fsp3) is 1.00. The summed E-state index contributed by atoms with van der Waals surface area (Å²) in [5.41, 5.74) is 0. The van der Waals surface area contributed by atoms with E-state index in [1.165, 1.54) is 19.3 Å². The molecule has 0 saturated carbocycles. The van der Waals surface area contributed by atoms with Gasteiger partial charge in [0.2, 0.25) is 0 Å². The monoisotopic (exact) mass is 258 g/mol. The van der Waals surface area contributed by atoms with Crippen LogP contribution < -0.4 is 5.32 Å². The molecule has 1 aliphatic heterocycles. The van der Waals surface area contributed by atoms with Crippen molar-refractivity contribution in [1.29, 1.82) is 0 Å². The van der Waals surface area contributed by atoms with Gasteiger partial charge in [0.1, 0.15) is 0 Å². The van der Waals surface area contributed by atoms with Gasteiger partial charge >= 0.3 is 0 Å². The molecule has 4 nitrogen and oxygen atoms in total. The molecular weight excluding hydrogens is 228 g/mol. The minimum atomic E-state index is 0.721. The highest BCUT2D eigenvalue weighted by Gasteiger charge is 2.17. The molecule has 1 fully saturated rings. The Kier molecular flexibility index (Phi) is 9.48. The number of likely N-dealkylation sites (N-methyl/N-ethyl adjacent to an activating group) is 1. The zero-order valence-electron chi connectivity index (χ0n) is 12.1. The largest absolute Gasteiger partial charge is 0.382 e. The van der Waals surface area contributed by atoms with Crippen LogP contribution in [-0.2, 0) is 9.47 Å². The lowest BCUT2D eigenvalue weighted by molar-refractivity contribution is 0.0434. The zero-order chi connectivity index (χ0) is 13.1. The van der Waals surface area contributed by atoms with Crippen LogP contribution in [0.4, 0.5) is 0 Å². The third-order valence-corrected chi connectivity index (χ3v) is 3.55. The lowest BCUT2D eigenvalue weighted by atomic mass is 10.1. The Balaban J connectivity index is 1.87. The summed E-state index contributed by atoms with van der Waals surface area (Å²) in [6.45, 7) is 8.97. The van der Waals surface area contributed by atoms with Crippen LogP contribution in [0.1, 0.15) is 32.6 Å². The summed E-state index contributed by atoms with van der Waals surface area (Å²) >= 11 is 0. The van der Waals surface area contributed by atoms with Crippen LogP contribution >= 0.6 is 0 Å². The summed E-state index contributed by atoms with van der Waals surface area (Å²) in [4.78, 5) is 2.47. The highest BCUT2D eigenvalue weighted by molar-refractivity contribution is 4.72. The molecule has 1 aliphatic rings. The van der Waals surface area contributed by atoms with Gasteiger partial charge in [0.15, 0.2) is 0 Å². The molecule has 1 N–H and O–H groups in total. The van der Waals surface area contributed by atoms with Crippen molar-refractivity contribution >= 4 is 0 Å². The minimum Gasteiger partial charge on any atom is -0.382 e. The molecule has 0 amide bonds. The maximum Gasteiger partial charge on any atom is 0.0480 e. The molecule has 0 bridgehead atoms. The second-order valence-corrected chi connectivity index (χ2v) is 4.98. The van der Waals surface area contributed by atoms with Gasteiger partial charge in [0.25, 0.3) is 0 Å². The molecular formula is C14H30N2O2. The third kappa shape index (κ3) is 7.31. The van der Waals surface area contributed by atoms with Gasteiger partial charge in [0.05, 0.1) is 0 Å². The summed E-state index contributed by atoms with van der Waals surface area (Å²) in [6, 6.07) is 0.721. The van der Waals surface area contributed by atoms with Crippen LogP contribution in [0.3, 0.4) is 0 Å². The van der Waals surface area contributed by atoms with E-state index in [0.717, 1.165) is 58.5 Å². The molecule has 108 valence electrons. The van der Waals surface area contributed by atoms with Crippen molar-refractivity contribution < 1.29 is 9.47 Å². The van der Waals surface area contributed by atoms with E-state index in [9.17, 15) is 0 Å². The Morgan fingerprint density at radius 1 is 1.22 bits per heavy atom. The second-order valence-electron chi connectivity index (χ2n) is 4.98. The number of hydrogen-bond acceptors (Lipinski definition) is 4. The minimum absolute atomic E-state index is 0.721. The van der Waals surface area contributed by atoms with Crippen molar-refractivity contribution in [2.75, 3.05) is 53.1 Å². The summed E-state index contributed by atoms with van der Waals surface area (Å²) in [5, 5.41) is 3.50. The number of unbranched alkanes of at least 4 members (excludes halogenated alkanes) is 1. The molecule has 0 aromatic heterocycles. The Morgan fingerprint density at radius 3 is 2.72 bits per heavy atom. The van der Waals surface area contributed by atoms with Gasteiger partial charge in [-0.2, -0.15) is 0 Å². The van der Waals surface area contributed by atoms with E-state index in [0.29, 0.717) is 0 Å². The molecule has 0 unspecified atom stereocenters. The maximum atomic E-state index is 5.39. The maximum absolute atomic E-state index is 5.39. The molecule has 1 saturated heterocycles. The van der Waals surface area contributed by atoms with Crippen LogP contribution in [0.5, 0.6) is 0 Å². The van der Waals surface area contributed by atoms with Crippen LogP contribution in [0.15, 0.2) is 0 Å².